The van der Waals surface area contributed by atoms with Crippen LogP contribution in [0.2, 0.25) is 0 Å². The lowest BCUT2D eigenvalue weighted by Gasteiger charge is -2.14. The smallest absolute Gasteiger partial charge is 0.361 e. The summed E-state index contributed by atoms with van der Waals surface area (Å²) in [5.41, 5.74) is -0.281. The van der Waals surface area contributed by atoms with E-state index < -0.39 is 69.9 Å². The van der Waals surface area contributed by atoms with Gasteiger partial charge >= 0.3 is 23.9 Å². The molecule has 0 spiro atoms. The van der Waals surface area contributed by atoms with Crippen LogP contribution in [0.25, 0.3) is 0 Å². The van der Waals surface area contributed by atoms with Crippen molar-refractivity contribution < 1.29 is 87.3 Å². The molecule has 3 heterocycles. The van der Waals surface area contributed by atoms with Crippen molar-refractivity contribution in [2.45, 2.75) is 84.0 Å². The van der Waals surface area contributed by atoms with E-state index in [1.807, 2.05) is 0 Å². The number of rotatable bonds is 14. The maximum atomic E-state index is 11.6. The van der Waals surface area contributed by atoms with Gasteiger partial charge in [-0.1, -0.05) is 62.5 Å². The largest absolute Gasteiger partial charge is 0.505 e. The van der Waals surface area contributed by atoms with Crippen molar-refractivity contribution in [2.24, 2.45) is 0 Å². The Morgan fingerprint density at radius 2 is 1.16 bits per heavy atom. The van der Waals surface area contributed by atoms with Gasteiger partial charge in [-0.15, -0.1) is 12.6 Å². The van der Waals surface area contributed by atoms with Gasteiger partial charge < -0.3 is 50.0 Å². The first kappa shape index (κ1) is 78.7. The molecule has 2 aromatic rings. The summed E-state index contributed by atoms with van der Waals surface area (Å²) in [4.78, 5) is 108. The summed E-state index contributed by atoms with van der Waals surface area (Å²) in [6, 6.07) is -2.54. The van der Waals surface area contributed by atoms with Crippen molar-refractivity contribution in [2.75, 3.05) is 37.5 Å². The predicted octanol–water partition coefficient (Wildman–Crippen LogP) is 7.44. The van der Waals surface area contributed by atoms with Crippen LogP contribution in [0.3, 0.4) is 0 Å². The zero-order chi connectivity index (χ0) is 55.2. The van der Waals surface area contributed by atoms with Gasteiger partial charge in [0.15, 0.2) is 56.0 Å². The average Bonchev–Trinajstić information content (AvgIpc) is 4.05. The molecule has 1 fully saturated rings. The summed E-state index contributed by atoms with van der Waals surface area (Å²) >= 11 is 34.4. The number of halogens is 8. The van der Waals surface area contributed by atoms with Crippen LogP contribution in [0.5, 0.6) is 11.5 Å². The Morgan fingerprint density at radius 3 is 1.39 bits per heavy atom. The molecule has 0 aliphatic carbocycles. The van der Waals surface area contributed by atoms with Crippen LogP contribution in [0.1, 0.15) is 82.3 Å². The number of carbonyl (C=O) groups is 10. The topological polar surface area (TPSA) is 338 Å². The number of aliphatic hydroxyl groups excluding tert-OH is 1. The van der Waals surface area contributed by atoms with Gasteiger partial charge in [0.1, 0.15) is 0 Å². The number of thiol groups is 1. The zero-order valence-electron chi connectivity index (χ0n) is 37.2. The van der Waals surface area contributed by atoms with E-state index in [1.54, 1.807) is 20.8 Å². The molecule has 1 aliphatic heterocycles. The fourth-order valence-electron chi connectivity index (χ4n) is 3.25. The number of aromatic nitrogens is 2. The Labute approximate surface area is 469 Å². The summed E-state index contributed by atoms with van der Waals surface area (Å²) in [6.45, 7) is 11.4. The van der Waals surface area contributed by atoms with Crippen LogP contribution in [-0.4, -0.2) is 147 Å². The number of alkyl halides is 4. The van der Waals surface area contributed by atoms with Crippen LogP contribution in [0.4, 0.5) is 0 Å². The zero-order valence-corrected chi connectivity index (χ0v) is 50.8. The molecule has 1 aliphatic rings. The average molecular weight is 1450 g/mol. The Hall–Kier alpha value is -1.75. The highest BCUT2D eigenvalue weighted by Gasteiger charge is 2.29. The molecule has 1 saturated heterocycles. The van der Waals surface area contributed by atoms with E-state index in [0.717, 1.165) is 54.3 Å². The molecule has 0 bridgehead atoms. The van der Waals surface area contributed by atoms with Crippen molar-refractivity contribution in [1.29, 1.82) is 0 Å². The minimum absolute atomic E-state index is 0.00292. The Morgan fingerprint density at radius 1 is 0.783 bits per heavy atom. The number of esters is 3. The van der Waals surface area contributed by atoms with Gasteiger partial charge in [-0.25, -0.2) is 19.2 Å². The third-order valence-electron chi connectivity index (χ3n) is 5.61. The Kier molecular flexibility index (Phi) is 59.9. The minimum atomic E-state index is -1.33. The number of amides is 2. The van der Waals surface area contributed by atoms with Crippen molar-refractivity contribution >= 4 is 212 Å². The van der Waals surface area contributed by atoms with Crippen LogP contribution >= 0.6 is 155 Å². The van der Waals surface area contributed by atoms with Crippen LogP contribution in [0, 0.1) is 0 Å². The predicted molar refractivity (Wildman–Crippen MR) is 284 cm³/mol. The van der Waals surface area contributed by atoms with Gasteiger partial charge in [0.2, 0.25) is 23.2 Å². The van der Waals surface area contributed by atoms with Crippen molar-refractivity contribution in [3.63, 3.8) is 0 Å². The molecule has 2 aromatic heterocycles. The highest BCUT2D eigenvalue weighted by atomic mass is 80.9. The maximum absolute atomic E-state index is 11.6. The van der Waals surface area contributed by atoms with E-state index in [1.165, 1.54) is 38.5 Å². The summed E-state index contributed by atoms with van der Waals surface area (Å²) < 4.78 is 24.9. The molecule has 3 atom stereocenters. The molecule has 2 amide bonds. The third kappa shape index (κ3) is 51.0. The molecule has 69 heavy (non-hydrogen) atoms. The van der Waals surface area contributed by atoms with Gasteiger partial charge in [-0.05, 0) is 50.3 Å². The van der Waals surface area contributed by atoms with Gasteiger partial charge in [-0.3, -0.25) is 28.8 Å². The number of aliphatic hydroxyl groups is 1. The van der Waals surface area contributed by atoms with Crippen molar-refractivity contribution in [1.82, 2.24) is 19.4 Å². The van der Waals surface area contributed by atoms with Gasteiger partial charge in [0.05, 0.1) is 41.7 Å². The molecule has 6 N–H and O–H groups in total. The normalized spacial score (nSPS) is 12.0. The molecule has 0 saturated carbocycles. The minimum Gasteiger partial charge on any atom is -0.505 e. The number of carboxylic acid groups (broad SMARTS) is 1. The van der Waals surface area contributed by atoms with Gasteiger partial charge in [0, 0.05) is 97.2 Å². The molecule has 22 nitrogen and oxygen atoms in total. The number of Topliss-reactive ketones (excluding diaryl/α,β-unsaturated/α-hetero) is 2. The molecular formula is C35H50Br5Cl3N4O18S4. The SMILES string of the molecule is BrBr.BrBr.CC(=O)S.CCOC(=O)C(NC(C)=O)C(=O)CBr.CCOC(=O)C(NC(C)=O)C(=O)CSC(C)=O.CCOC(=O)c1nscc1O.ClC(Cl)Cl.O=C(O)c1nscc1O.OC1CCCO1. The number of ether oxygens (including phenoxy) is 4. The summed E-state index contributed by atoms with van der Waals surface area (Å²) in [7, 11) is 0. The van der Waals surface area contributed by atoms with E-state index in [4.69, 9.17) is 60.0 Å². The second-order valence-electron chi connectivity index (χ2n) is 11.0. The second-order valence-corrected chi connectivity index (χ2v) is 16.6. The fraction of sp³-hybridized carbons (Fsp3) is 0.543. The Bertz CT molecular complexity index is 1800. The summed E-state index contributed by atoms with van der Waals surface area (Å²) in [6.07, 6.45) is 1.38. The lowest BCUT2D eigenvalue weighted by Crippen LogP contribution is -2.47. The number of hydrogen-bond donors (Lipinski definition) is 7. The van der Waals surface area contributed by atoms with E-state index in [2.05, 4.69) is 119 Å². The van der Waals surface area contributed by atoms with Crippen LogP contribution < -0.4 is 10.6 Å². The molecule has 34 heteroatoms. The lowest BCUT2D eigenvalue weighted by atomic mass is 10.2. The third-order valence-corrected chi connectivity index (χ3v) is 8.23. The van der Waals surface area contributed by atoms with Crippen molar-refractivity contribution in [3.05, 3.63) is 22.1 Å². The first-order chi connectivity index (χ1) is 32.2. The number of hydrogen-bond acceptors (Lipinski definition) is 22. The standard InChI is InChI=1S/C10H15NO5S.C8H12BrNO4.C6H7NO3S.C4H3NO3S.C4H8O2.C2H4OS.CHCl3.2Br2/c1-4-16-10(15)9(11-6(2)12)8(14)5-17-7(3)13;1-3-14-8(13)7(6(12)4-9)10-5(2)11;1-2-10-6(9)5-4(8)3-11-7-5;6-2-1-9-5-3(2)4(7)8;5-4-2-1-3-6-4;1-2(3)4;2-1(3)4;2*1-2/h9H,4-5H2,1-3H3,(H,11,12);7H,3-4H2,1-2H3,(H,10,11);3,8H,2H2,1H3;1,6H,(H,7,8);4-5H,1-3H2;1H3,(H,3,4);1H;;. The number of nitrogens with zero attached hydrogens (tertiary/aromatic N) is 2. The number of thioether (sulfide) groups is 1. The second kappa shape index (κ2) is 52.6. The number of nitrogens with one attached hydrogen (secondary N) is 2. The first-order valence-electron chi connectivity index (χ1n) is 18.2. The molecule has 0 aromatic carbocycles. The summed E-state index contributed by atoms with van der Waals surface area (Å²) in [5, 5.41) is 41.1. The monoisotopic (exact) mass is 1440 g/mol. The highest BCUT2D eigenvalue weighted by molar-refractivity contribution is 9.93. The first-order valence-corrected chi connectivity index (χ1v) is 31.2. The number of carbonyl (C=O) groups excluding carboxylic acids is 9. The van der Waals surface area contributed by atoms with E-state index in [0.29, 0.717) is 0 Å². The highest BCUT2D eigenvalue weighted by Crippen LogP contribution is 2.18. The quantitative estimate of drug-likeness (QED) is 0.0317. The van der Waals surface area contributed by atoms with E-state index in [-0.39, 0.29) is 64.0 Å². The number of ketones is 2. The van der Waals surface area contributed by atoms with E-state index >= 15 is 0 Å². The molecular weight excluding hydrogens is 1400 g/mol. The van der Waals surface area contributed by atoms with Crippen LogP contribution in [0.15, 0.2) is 10.8 Å². The Balaban J connectivity index is -0.000000173. The number of carboxylic acids is 1. The molecule has 3 unspecified atom stereocenters. The van der Waals surface area contributed by atoms with Crippen LogP contribution in [-0.2, 0) is 57.3 Å². The maximum Gasteiger partial charge on any atom is 0.361 e. The number of aromatic hydroxyl groups is 2. The number of aromatic carboxylic acids is 1. The van der Waals surface area contributed by atoms with Crippen molar-refractivity contribution in [3.8, 4) is 11.5 Å². The fourth-order valence-corrected chi connectivity index (χ4v) is 5.16. The molecule has 398 valence electrons. The molecule has 0 radical (unpaired) electrons. The molecule has 3 rings (SSSR count). The van der Waals surface area contributed by atoms with E-state index in [9.17, 15) is 47.9 Å². The van der Waals surface area contributed by atoms with Gasteiger partial charge in [-0.2, -0.15) is 8.75 Å². The lowest BCUT2D eigenvalue weighted by molar-refractivity contribution is -0.150. The summed E-state index contributed by atoms with van der Waals surface area (Å²) in [5.74, 6) is -5.82. The van der Waals surface area contributed by atoms with Gasteiger partial charge in [0.25, 0.3) is 0 Å².